The molecule has 1 amide bonds. The number of nitrogens with zero attached hydrogens (tertiary/aromatic N) is 3. The Morgan fingerprint density at radius 3 is 2.58 bits per heavy atom. The number of amides is 1. The van der Waals surface area contributed by atoms with Crippen molar-refractivity contribution in [3.63, 3.8) is 0 Å². The van der Waals surface area contributed by atoms with Gasteiger partial charge in [-0.2, -0.15) is 9.57 Å². The molecule has 1 fully saturated rings. The van der Waals surface area contributed by atoms with Crippen LogP contribution >= 0.6 is 0 Å². The molecule has 4 rings (SSSR count). The van der Waals surface area contributed by atoms with Gasteiger partial charge in [0.25, 0.3) is 0 Å². The van der Waals surface area contributed by atoms with Crippen molar-refractivity contribution in [2.45, 2.75) is 30.6 Å². The Hall–Kier alpha value is -2.89. The summed E-state index contributed by atoms with van der Waals surface area (Å²) in [5.74, 6) is 0.621. The molecule has 162 valence electrons. The molecule has 0 unspecified atom stereocenters. The molecule has 2 heterocycles. The number of rotatable bonds is 4. The number of anilines is 1. The first-order valence-corrected chi connectivity index (χ1v) is 11.9. The van der Waals surface area contributed by atoms with Crippen molar-refractivity contribution in [2.75, 3.05) is 31.6 Å². The first-order chi connectivity index (χ1) is 15.0. The molecule has 0 saturated carbocycles. The zero-order chi connectivity index (χ0) is 22.0. The molecule has 0 bridgehead atoms. The number of carbonyl (C=O) groups is 1. The van der Waals surface area contributed by atoms with Gasteiger partial charge in [-0.15, -0.1) is 0 Å². The lowest BCUT2D eigenvalue weighted by Gasteiger charge is -2.36. The minimum atomic E-state index is -3.76. The van der Waals surface area contributed by atoms with E-state index in [1.54, 1.807) is 19.2 Å². The molecule has 0 aliphatic carbocycles. The molecule has 2 aromatic carbocycles. The Balaban J connectivity index is 1.47. The van der Waals surface area contributed by atoms with E-state index >= 15 is 0 Å². The van der Waals surface area contributed by atoms with Crippen LogP contribution in [0.2, 0.25) is 0 Å². The number of carbonyl (C=O) groups excluding carboxylic acids is 1. The summed E-state index contributed by atoms with van der Waals surface area (Å²) in [5.41, 5.74) is 2.17. The third-order valence-corrected chi connectivity index (χ3v) is 8.06. The van der Waals surface area contributed by atoms with Crippen molar-refractivity contribution >= 4 is 21.6 Å². The summed E-state index contributed by atoms with van der Waals surface area (Å²) in [7, 11) is -2.13. The van der Waals surface area contributed by atoms with E-state index in [9.17, 15) is 18.5 Å². The number of ether oxygens (including phenoxy) is 1. The molecule has 7 nitrogen and oxygen atoms in total. The summed E-state index contributed by atoms with van der Waals surface area (Å²) >= 11 is 0. The molecule has 0 spiro atoms. The van der Waals surface area contributed by atoms with Crippen molar-refractivity contribution in [3.8, 4) is 11.8 Å². The van der Waals surface area contributed by atoms with Crippen LogP contribution in [0.15, 0.2) is 47.4 Å². The largest absolute Gasteiger partial charge is 0.497 e. The topological polar surface area (TPSA) is 90.7 Å². The number of fused-ring (bicyclic) bond motifs is 1. The van der Waals surface area contributed by atoms with Gasteiger partial charge in [-0.05, 0) is 61.6 Å². The van der Waals surface area contributed by atoms with Crippen LogP contribution in [-0.2, 0) is 21.2 Å². The lowest BCUT2D eigenvalue weighted by Crippen LogP contribution is -2.45. The fourth-order valence-corrected chi connectivity index (χ4v) is 6.03. The zero-order valence-electron chi connectivity index (χ0n) is 17.5. The summed E-state index contributed by atoms with van der Waals surface area (Å²) in [4.78, 5) is 15.2. The van der Waals surface area contributed by atoms with Gasteiger partial charge in [-0.3, -0.25) is 4.79 Å². The minimum Gasteiger partial charge on any atom is -0.497 e. The molecule has 1 saturated heterocycles. The highest BCUT2D eigenvalue weighted by Gasteiger charge is 2.36. The lowest BCUT2D eigenvalue weighted by atomic mass is 9.94. The molecule has 0 aromatic heterocycles. The molecule has 0 radical (unpaired) electrons. The van der Waals surface area contributed by atoms with E-state index in [0.717, 1.165) is 29.8 Å². The monoisotopic (exact) mass is 439 g/mol. The van der Waals surface area contributed by atoms with Gasteiger partial charge in [0.1, 0.15) is 11.8 Å². The average molecular weight is 440 g/mol. The van der Waals surface area contributed by atoms with E-state index in [4.69, 9.17) is 4.74 Å². The molecule has 0 N–H and O–H groups in total. The molecule has 2 aromatic rings. The lowest BCUT2D eigenvalue weighted by molar-refractivity contribution is -0.123. The molecule has 2 aliphatic rings. The molecule has 31 heavy (non-hydrogen) atoms. The van der Waals surface area contributed by atoms with Gasteiger partial charge >= 0.3 is 0 Å². The van der Waals surface area contributed by atoms with Crippen LogP contribution in [0.25, 0.3) is 0 Å². The minimum absolute atomic E-state index is 0.0289. The number of benzene rings is 2. The van der Waals surface area contributed by atoms with Crippen LogP contribution in [0.1, 0.15) is 30.4 Å². The van der Waals surface area contributed by atoms with E-state index < -0.39 is 10.0 Å². The number of hydrogen-bond donors (Lipinski definition) is 0. The highest BCUT2D eigenvalue weighted by atomic mass is 32.2. The van der Waals surface area contributed by atoms with E-state index in [1.807, 2.05) is 29.2 Å². The van der Waals surface area contributed by atoms with Crippen molar-refractivity contribution in [1.82, 2.24) is 4.31 Å². The standard InChI is InChI=1S/C23H25N3O4S/c1-30-20-8-9-21-18(15-20)6-4-12-26(21)23(27)17-10-13-25(14-11-17)31(28,29)22-7-3-2-5-19(22)16-24/h2-3,5,7-9,15,17H,4,6,10-14H2,1H3. The Morgan fingerprint density at radius 2 is 1.87 bits per heavy atom. The third kappa shape index (κ3) is 4.03. The summed E-state index contributed by atoms with van der Waals surface area (Å²) in [6.07, 6.45) is 2.74. The van der Waals surface area contributed by atoms with Crippen molar-refractivity contribution in [2.24, 2.45) is 5.92 Å². The summed E-state index contributed by atoms with van der Waals surface area (Å²) < 4.78 is 32.8. The molecule has 0 atom stereocenters. The van der Waals surface area contributed by atoms with Crippen LogP contribution in [-0.4, -0.2) is 45.4 Å². The SMILES string of the molecule is COc1ccc2c(c1)CCCN2C(=O)C1CCN(S(=O)(=O)c2ccccc2C#N)CC1. The maximum atomic E-state index is 13.3. The van der Waals surface area contributed by atoms with Crippen LogP contribution in [0, 0.1) is 17.2 Å². The van der Waals surface area contributed by atoms with Crippen LogP contribution in [0.3, 0.4) is 0 Å². The second-order valence-electron chi connectivity index (χ2n) is 7.87. The molecular formula is C23H25N3O4S. The quantitative estimate of drug-likeness (QED) is 0.731. The zero-order valence-corrected chi connectivity index (χ0v) is 18.3. The second kappa shape index (κ2) is 8.69. The predicted molar refractivity (Wildman–Crippen MR) is 116 cm³/mol. The van der Waals surface area contributed by atoms with Crippen LogP contribution in [0.5, 0.6) is 5.75 Å². The van der Waals surface area contributed by atoms with E-state index in [1.165, 1.54) is 16.4 Å². The Labute approximate surface area is 182 Å². The maximum Gasteiger partial charge on any atom is 0.244 e. The van der Waals surface area contributed by atoms with Gasteiger partial charge in [0.05, 0.1) is 17.6 Å². The summed E-state index contributed by atoms with van der Waals surface area (Å²) in [6, 6.07) is 14.0. The summed E-state index contributed by atoms with van der Waals surface area (Å²) in [6.45, 7) is 1.20. The van der Waals surface area contributed by atoms with Crippen molar-refractivity contribution in [1.29, 1.82) is 5.26 Å². The first kappa shape index (κ1) is 21.3. The Kier molecular flexibility index (Phi) is 5.99. The maximum absolute atomic E-state index is 13.3. The van der Waals surface area contributed by atoms with Crippen molar-refractivity contribution in [3.05, 3.63) is 53.6 Å². The smallest absolute Gasteiger partial charge is 0.244 e. The number of sulfonamides is 1. The average Bonchev–Trinajstić information content (AvgIpc) is 2.82. The van der Waals surface area contributed by atoms with Gasteiger partial charge in [0.15, 0.2) is 0 Å². The van der Waals surface area contributed by atoms with Gasteiger partial charge in [-0.1, -0.05) is 12.1 Å². The van der Waals surface area contributed by atoms with Crippen LogP contribution in [0.4, 0.5) is 5.69 Å². The molecule has 2 aliphatic heterocycles. The second-order valence-corrected chi connectivity index (χ2v) is 9.78. The van der Waals surface area contributed by atoms with Gasteiger partial charge in [0.2, 0.25) is 15.9 Å². The fraction of sp³-hybridized carbons (Fsp3) is 0.391. The predicted octanol–water partition coefficient (Wildman–Crippen LogP) is 2.95. The Morgan fingerprint density at radius 1 is 1.13 bits per heavy atom. The van der Waals surface area contributed by atoms with E-state index in [-0.39, 0.29) is 35.4 Å². The number of methoxy groups -OCH3 is 1. The van der Waals surface area contributed by atoms with Crippen LogP contribution < -0.4 is 9.64 Å². The molecule has 8 heteroatoms. The normalized spacial score (nSPS) is 17.6. The number of piperidine rings is 1. The number of aryl methyl sites for hydroxylation is 1. The fourth-order valence-electron chi connectivity index (χ4n) is 4.42. The highest BCUT2D eigenvalue weighted by Crippen LogP contribution is 2.33. The third-order valence-electron chi connectivity index (χ3n) is 6.10. The summed E-state index contributed by atoms with van der Waals surface area (Å²) in [5, 5.41) is 9.26. The van der Waals surface area contributed by atoms with E-state index in [2.05, 4.69) is 0 Å². The Bertz CT molecular complexity index is 1130. The van der Waals surface area contributed by atoms with E-state index in [0.29, 0.717) is 19.4 Å². The number of hydrogen-bond acceptors (Lipinski definition) is 5. The van der Waals surface area contributed by atoms with Gasteiger partial charge < -0.3 is 9.64 Å². The highest BCUT2D eigenvalue weighted by molar-refractivity contribution is 7.89. The van der Waals surface area contributed by atoms with Gasteiger partial charge in [0, 0.05) is 31.2 Å². The van der Waals surface area contributed by atoms with Crippen molar-refractivity contribution < 1.29 is 17.9 Å². The number of nitriles is 1. The first-order valence-electron chi connectivity index (χ1n) is 10.4. The molecular weight excluding hydrogens is 414 g/mol. The van der Waals surface area contributed by atoms with Gasteiger partial charge in [-0.25, -0.2) is 8.42 Å².